The van der Waals surface area contributed by atoms with E-state index in [0.717, 1.165) is 21.7 Å². The van der Waals surface area contributed by atoms with E-state index in [1.165, 1.54) is 29.5 Å². The van der Waals surface area contributed by atoms with Crippen molar-refractivity contribution in [2.45, 2.75) is 25.8 Å². The summed E-state index contributed by atoms with van der Waals surface area (Å²) in [6.45, 7) is 2.52. The van der Waals surface area contributed by atoms with Gasteiger partial charge in [-0.15, -0.1) is 11.3 Å². The smallest absolute Gasteiger partial charge is 0.246 e. The first kappa shape index (κ1) is 19.8. The van der Waals surface area contributed by atoms with Gasteiger partial charge in [0, 0.05) is 28.4 Å². The van der Waals surface area contributed by atoms with E-state index in [9.17, 15) is 17.6 Å². The quantitative estimate of drug-likeness (QED) is 0.681. The summed E-state index contributed by atoms with van der Waals surface area (Å²) in [6, 6.07) is 9.92. The van der Waals surface area contributed by atoms with Crippen molar-refractivity contribution in [3.05, 3.63) is 53.2 Å². The van der Waals surface area contributed by atoms with E-state index in [-0.39, 0.29) is 29.3 Å². The molecule has 0 N–H and O–H groups in total. The maximum atomic E-state index is 13.0. The monoisotopic (exact) mass is 407 g/mol. The fourth-order valence-electron chi connectivity index (χ4n) is 3.20. The van der Waals surface area contributed by atoms with Crippen molar-refractivity contribution in [1.29, 1.82) is 0 Å². The Morgan fingerprint density at radius 1 is 1.26 bits per heavy atom. The fraction of sp³-hybridized carbons (Fsp3) is 0.350. The number of amides is 1. The van der Waals surface area contributed by atoms with Crippen LogP contribution in [0.25, 0.3) is 16.5 Å². The number of nitrogens with zero attached hydrogens (tertiary/aromatic N) is 1. The van der Waals surface area contributed by atoms with Crippen LogP contribution in [-0.4, -0.2) is 43.3 Å². The minimum absolute atomic E-state index is 0.0559. The van der Waals surface area contributed by atoms with Crippen LogP contribution < -0.4 is 0 Å². The highest BCUT2D eigenvalue weighted by Crippen LogP contribution is 2.29. The predicted octanol–water partition coefficient (Wildman–Crippen LogP) is 3.99. The zero-order valence-corrected chi connectivity index (χ0v) is 16.7. The van der Waals surface area contributed by atoms with Gasteiger partial charge in [-0.1, -0.05) is 19.1 Å². The van der Waals surface area contributed by atoms with Gasteiger partial charge in [-0.2, -0.15) is 0 Å². The maximum Gasteiger partial charge on any atom is 0.246 e. The molecule has 4 nitrogen and oxygen atoms in total. The summed E-state index contributed by atoms with van der Waals surface area (Å²) in [7, 11) is -3.03. The van der Waals surface area contributed by atoms with Crippen molar-refractivity contribution in [3.63, 3.8) is 0 Å². The lowest BCUT2D eigenvalue weighted by molar-refractivity contribution is -0.127. The molecule has 0 saturated carbocycles. The standard InChI is InChI=1S/C20H22FNO3S2/c1-2-12-22(17-11-13-27(24,25)14-17)20(23)10-8-18-7-9-19(26-18)15-3-5-16(21)6-4-15/h3-10,17H,2,11-14H2,1H3/b10-8+. The van der Waals surface area contributed by atoms with E-state index in [0.29, 0.717) is 13.0 Å². The molecule has 1 aromatic carbocycles. The number of rotatable bonds is 6. The van der Waals surface area contributed by atoms with Gasteiger partial charge in [0.05, 0.1) is 11.5 Å². The summed E-state index contributed by atoms with van der Waals surface area (Å²) in [5.41, 5.74) is 0.927. The number of hydrogen-bond acceptors (Lipinski definition) is 4. The largest absolute Gasteiger partial charge is 0.335 e. The van der Waals surface area contributed by atoms with Gasteiger partial charge in [0.1, 0.15) is 5.82 Å². The highest BCUT2D eigenvalue weighted by Gasteiger charge is 2.33. The number of thiophene rings is 1. The topological polar surface area (TPSA) is 54.5 Å². The third kappa shape index (κ3) is 5.05. The van der Waals surface area contributed by atoms with E-state index in [1.54, 1.807) is 23.1 Å². The number of halogens is 1. The minimum atomic E-state index is -3.03. The van der Waals surface area contributed by atoms with E-state index in [2.05, 4.69) is 0 Å². The Bertz CT molecular complexity index is 932. The Kier molecular flexibility index (Phi) is 6.11. The van der Waals surface area contributed by atoms with Crippen LogP contribution >= 0.6 is 11.3 Å². The Balaban J connectivity index is 1.70. The van der Waals surface area contributed by atoms with Crippen molar-refractivity contribution in [2.24, 2.45) is 0 Å². The summed E-state index contributed by atoms with van der Waals surface area (Å²) in [5.74, 6) is -0.220. The van der Waals surface area contributed by atoms with E-state index >= 15 is 0 Å². The molecular weight excluding hydrogens is 385 g/mol. The molecule has 1 fully saturated rings. The molecule has 1 aliphatic rings. The zero-order valence-electron chi connectivity index (χ0n) is 15.1. The molecule has 0 radical (unpaired) electrons. The molecule has 144 valence electrons. The van der Waals surface area contributed by atoms with Gasteiger partial charge < -0.3 is 4.90 Å². The van der Waals surface area contributed by atoms with Crippen molar-refractivity contribution in [3.8, 4) is 10.4 Å². The second kappa shape index (κ2) is 8.35. The van der Waals surface area contributed by atoms with Crippen molar-refractivity contribution in [2.75, 3.05) is 18.1 Å². The van der Waals surface area contributed by atoms with E-state index in [4.69, 9.17) is 0 Å². The van der Waals surface area contributed by atoms with Gasteiger partial charge in [-0.25, -0.2) is 12.8 Å². The molecule has 2 heterocycles. The molecule has 1 saturated heterocycles. The van der Waals surface area contributed by atoms with Gasteiger partial charge in [0.15, 0.2) is 9.84 Å². The van der Waals surface area contributed by atoms with Crippen LogP contribution in [0.3, 0.4) is 0 Å². The van der Waals surface area contributed by atoms with Crippen LogP contribution in [0.4, 0.5) is 4.39 Å². The van der Waals surface area contributed by atoms with Crippen LogP contribution in [-0.2, 0) is 14.6 Å². The molecular formula is C20H22FNO3S2. The average molecular weight is 408 g/mol. The molecule has 7 heteroatoms. The first-order chi connectivity index (χ1) is 12.9. The Hall–Kier alpha value is -1.99. The third-order valence-electron chi connectivity index (χ3n) is 4.54. The number of hydrogen-bond donors (Lipinski definition) is 0. The van der Waals surface area contributed by atoms with Crippen molar-refractivity contribution >= 4 is 33.2 Å². The molecule has 27 heavy (non-hydrogen) atoms. The number of sulfone groups is 1. The normalized spacial score (nSPS) is 18.8. The van der Waals surface area contributed by atoms with Gasteiger partial charge in [0.25, 0.3) is 0 Å². The molecule has 0 spiro atoms. The second-order valence-electron chi connectivity index (χ2n) is 6.63. The average Bonchev–Trinajstić information content (AvgIpc) is 3.24. The lowest BCUT2D eigenvalue weighted by Gasteiger charge is -2.26. The molecule has 1 aliphatic heterocycles. The summed E-state index contributed by atoms with van der Waals surface area (Å²) in [5, 5.41) is 0. The van der Waals surface area contributed by atoms with Gasteiger partial charge in [-0.05, 0) is 48.7 Å². The van der Waals surface area contributed by atoms with Crippen molar-refractivity contribution in [1.82, 2.24) is 4.90 Å². The molecule has 0 bridgehead atoms. The summed E-state index contributed by atoms with van der Waals surface area (Å²) >= 11 is 1.52. The van der Waals surface area contributed by atoms with Crippen molar-refractivity contribution < 1.29 is 17.6 Å². The Morgan fingerprint density at radius 2 is 2.00 bits per heavy atom. The number of carbonyl (C=O) groups excluding carboxylic acids is 1. The first-order valence-electron chi connectivity index (χ1n) is 8.93. The first-order valence-corrected chi connectivity index (χ1v) is 11.6. The second-order valence-corrected chi connectivity index (χ2v) is 9.97. The van der Waals surface area contributed by atoms with Crippen LogP contribution in [0.1, 0.15) is 24.6 Å². The Morgan fingerprint density at radius 3 is 2.63 bits per heavy atom. The third-order valence-corrected chi connectivity index (χ3v) is 7.39. The maximum absolute atomic E-state index is 13.0. The van der Waals surface area contributed by atoms with Crippen LogP contribution in [0.15, 0.2) is 42.5 Å². The van der Waals surface area contributed by atoms with Crippen LogP contribution in [0.2, 0.25) is 0 Å². The van der Waals surface area contributed by atoms with Gasteiger partial charge in [0.2, 0.25) is 5.91 Å². The van der Waals surface area contributed by atoms with Gasteiger partial charge >= 0.3 is 0 Å². The molecule has 1 aromatic heterocycles. The molecule has 3 rings (SSSR count). The van der Waals surface area contributed by atoms with Crippen LogP contribution in [0.5, 0.6) is 0 Å². The van der Waals surface area contributed by atoms with E-state index < -0.39 is 9.84 Å². The lowest BCUT2D eigenvalue weighted by Crippen LogP contribution is -2.40. The van der Waals surface area contributed by atoms with Gasteiger partial charge in [-0.3, -0.25) is 4.79 Å². The zero-order chi connectivity index (χ0) is 19.4. The summed E-state index contributed by atoms with van der Waals surface area (Å²) < 4.78 is 36.5. The van der Waals surface area contributed by atoms with E-state index in [1.807, 2.05) is 19.1 Å². The summed E-state index contributed by atoms with van der Waals surface area (Å²) in [6.07, 6.45) is 4.56. The number of benzene rings is 1. The molecule has 1 unspecified atom stereocenters. The number of carbonyl (C=O) groups is 1. The SMILES string of the molecule is CCCN(C(=O)/C=C/c1ccc(-c2ccc(F)cc2)s1)C1CCS(=O)(=O)C1. The predicted molar refractivity (Wildman–Crippen MR) is 108 cm³/mol. The lowest BCUT2D eigenvalue weighted by atomic mass is 10.2. The summed E-state index contributed by atoms with van der Waals surface area (Å²) in [4.78, 5) is 16.2. The van der Waals surface area contributed by atoms with Crippen LogP contribution in [0, 0.1) is 5.82 Å². The molecule has 2 aromatic rings. The molecule has 1 atom stereocenters. The highest BCUT2D eigenvalue weighted by molar-refractivity contribution is 7.91. The minimum Gasteiger partial charge on any atom is -0.335 e. The highest BCUT2D eigenvalue weighted by atomic mass is 32.2. The molecule has 0 aliphatic carbocycles. The Labute approximate surface area is 163 Å². The molecule has 1 amide bonds. The fourth-order valence-corrected chi connectivity index (χ4v) is 5.84.